The van der Waals surface area contributed by atoms with Gasteiger partial charge in [0.2, 0.25) is 0 Å². The van der Waals surface area contributed by atoms with Crippen LogP contribution in [-0.2, 0) is 0 Å². The smallest absolute Gasteiger partial charge is 0.414 e. The first kappa shape index (κ1) is 12.5. The van der Waals surface area contributed by atoms with Crippen molar-refractivity contribution < 1.29 is 14.7 Å². The minimum atomic E-state index is -1.26. The summed E-state index contributed by atoms with van der Waals surface area (Å²) < 4.78 is 0. The topological polar surface area (TPSA) is 57.6 Å². The number of nitrogens with zero attached hydrogens (tertiary/aromatic N) is 1. The fourth-order valence-corrected chi connectivity index (χ4v) is 0.861. The molecule has 0 aliphatic heterocycles. The maximum absolute atomic E-state index is 11.3. The van der Waals surface area contributed by atoms with E-state index in [1.54, 1.807) is 30.3 Å². The number of hydrogen-bond acceptors (Lipinski definition) is 2. The summed E-state index contributed by atoms with van der Waals surface area (Å²) in [6.45, 7) is 0. The molecular formula is C9H10ClNO3. The molecular weight excluding hydrogens is 206 g/mol. The van der Waals surface area contributed by atoms with E-state index >= 15 is 0 Å². The van der Waals surface area contributed by atoms with Gasteiger partial charge >= 0.3 is 6.09 Å². The molecule has 1 aromatic carbocycles. The zero-order chi connectivity index (χ0) is 9.84. The molecule has 0 spiro atoms. The molecule has 1 aromatic rings. The summed E-state index contributed by atoms with van der Waals surface area (Å²) >= 11 is 0. The number of benzene rings is 1. The summed E-state index contributed by atoms with van der Waals surface area (Å²) in [5, 5.41) is 8.52. The van der Waals surface area contributed by atoms with Crippen molar-refractivity contribution >= 4 is 24.4 Å². The lowest BCUT2D eigenvalue weighted by Crippen LogP contribution is -2.31. The van der Waals surface area contributed by atoms with Gasteiger partial charge in [-0.15, -0.1) is 12.4 Å². The highest BCUT2D eigenvalue weighted by Gasteiger charge is 2.16. The van der Waals surface area contributed by atoms with Crippen LogP contribution < -0.4 is 0 Å². The molecule has 0 fully saturated rings. The van der Waals surface area contributed by atoms with Gasteiger partial charge in [-0.05, 0) is 12.1 Å². The van der Waals surface area contributed by atoms with Gasteiger partial charge in [-0.3, -0.25) is 4.79 Å². The van der Waals surface area contributed by atoms with Crippen molar-refractivity contribution in [2.24, 2.45) is 0 Å². The highest BCUT2D eigenvalue weighted by molar-refractivity contribution is 6.02. The molecule has 0 heterocycles. The SMILES string of the molecule is CN(C(=O)O)C(=O)c1ccccc1.Cl. The second kappa shape index (κ2) is 5.24. The van der Waals surface area contributed by atoms with E-state index in [-0.39, 0.29) is 12.4 Å². The van der Waals surface area contributed by atoms with E-state index in [9.17, 15) is 9.59 Å². The predicted molar refractivity (Wildman–Crippen MR) is 53.8 cm³/mol. The highest BCUT2D eigenvalue weighted by atomic mass is 35.5. The summed E-state index contributed by atoms with van der Waals surface area (Å²) in [4.78, 5) is 22.4. The Morgan fingerprint density at radius 1 is 1.21 bits per heavy atom. The Morgan fingerprint density at radius 2 is 1.71 bits per heavy atom. The number of carboxylic acid groups (broad SMARTS) is 1. The number of rotatable bonds is 1. The Hall–Kier alpha value is -1.55. The van der Waals surface area contributed by atoms with Gasteiger partial charge < -0.3 is 5.11 Å². The van der Waals surface area contributed by atoms with Gasteiger partial charge in [-0.1, -0.05) is 18.2 Å². The highest BCUT2D eigenvalue weighted by Crippen LogP contribution is 2.02. The Morgan fingerprint density at radius 3 is 2.14 bits per heavy atom. The molecule has 0 atom stereocenters. The summed E-state index contributed by atoms with van der Waals surface area (Å²) in [7, 11) is 1.22. The summed E-state index contributed by atoms with van der Waals surface area (Å²) in [6.07, 6.45) is -1.26. The van der Waals surface area contributed by atoms with E-state index in [1.165, 1.54) is 7.05 Å². The molecule has 0 saturated carbocycles. The first-order valence-electron chi connectivity index (χ1n) is 3.69. The van der Waals surface area contributed by atoms with Gasteiger partial charge in [0.15, 0.2) is 0 Å². The molecule has 76 valence electrons. The van der Waals surface area contributed by atoms with Crippen molar-refractivity contribution in [2.45, 2.75) is 0 Å². The maximum atomic E-state index is 11.3. The molecule has 0 aromatic heterocycles. The normalized spacial score (nSPS) is 8.64. The molecule has 0 aliphatic carbocycles. The van der Waals surface area contributed by atoms with Crippen LogP contribution in [-0.4, -0.2) is 29.1 Å². The van der Waals surface area contributed by atoms with Crippen molar-refractivity contribution in [3.63, 3.8) is 0 Å². The number of amides is 2. The molecule has 0 radical (unpaired) electrons. The average molecular weight is 216 g/mol. The van der Waals surface area contributed by atoms with Crippen LogP contribution >= 0.6 is 12.4 Å². The average Bonchev–Trinajstić information content (AvgIpc) is 2.17. The summed E-state index contributed by atoms with van der Waals surface area (Å²) in [5.41, 5.74) is 0.368. The van der Waals surface area contributed by atoms with Crippen molar-refractivity contribution in [1.82, 2.24) is 4.90 Å². The van der Waals surface area contributed by atoms with Crippen LogP contribution in [0.15, 0.2) is 30.3 Å². The maximum Gasteiger partial charge on any atom is 0.414 e. The molecule has 4 nitrogen and oxygen atoms in total. The van der Waals surface area contributed by atoms with Crippen molar-refractivity contribution in [1.29, 1.82) is 0 Å². The molecule has 5 heteroatoms. The molecule has 0 bridgehead atoms. The molecule has 14 heavy (non-hydrogen) atoms. The molecule has 0 unspecified atom stereocenters. The zero-order valence-corrected chi connectivity index (χ0v) is 8.32. The van der Waals surface area contributed by atoms with Gasteiger partial charge in [-0.2, -0.15) is 0 Å². The number of hydrogen-bond donors (Lipinski definition) is 1. The third-order valence-corrected chi connectivity index (χ3v) is 1.61. The fourth-order valence-electron chi connectivity index (χ4n) is 0.861. The lowest BCUT2D eigenvalue weighted by Gasteiger charge is -2.10. The minimum absolute atomic E-state index is 0. The summed E-state index contributed by atoms with van der Waals surface area (Å²) in [6, 6.07) is 8.27. The van der Waals surface area contributed by atoms with Crippen molar-refractivity contribution in [3.05, 3.63) is 35.9 Å². The van der Waals surface area contributed by atoms with Gasteiger partial charge in [-0.25, -0.2) is 9.69 Å². The first-order valence-corrected chi connectivity index (χ1v) is 3.69. The van der Waals surface area contributed by atoms with E-state index in [0.717, 1.165) is 0 Å². The van der Waals surface area contributed by atoms with E-state index < -0.39 is 12.0 Å². The Kier molecular flexibility index (Phi) is 4.66. The van der Waals surface area contributed by atoms with Gasteiger partial charge in [0.25, 0.3) is 5.91 Å². The molecule has 1 rings (SSSR count). The summed E-state index contributed by atoms with van der Waals surface area (Å²) in [5.74, 6) is -0.520. The predicted octanol–water partition coefficient (Wildman–Crippen LogP) is 1.86. The minimum Gasteiger partial charge on any atom is -0.465 e. The number of halogens is 1. The van der Waals surface area contributed by atoms with Crippen LogP contribution in [0.2, 0.25) is 0 Å². The molecule has 2 amide bonds. The number of carbonyl (C=O) groups excluding carboxylic acids is 1. The van der Waals surface area contributed by atoms with E-state index in [2.05, 4.69) is 0 Å². The lowest BCUT2D eigenvalue weighted by molar-refractivity contribution is 0.0782. The van der Waals surface area contributed by atoms with Crippen LogP contribution in [0.5, 0.6) is 0 Å². The van der Waals surface area contributed by atoms with Crippen LogP contribution in [0.1, 0.15) is 10.4 Å². The van der Waals surface area contributed by atoms with Crippen LogP contribution in [0, 0.1) is 0 Å². The molecule has 0 saturated heterocycles. The van der Waals surface area contributed by atoms with E-state index in [1.807, 2.05) is 0 Å². The van der Waals surface area contributed by atoms with Gasteiger partial charge in [0, 0.05) is 12.6 Å². The number of imide groups is 1. The standard InChI is InChI=1S/C9H9NO3.ClH/c1-10(9(12)13)8(11)7-5-3-2-4-6-7;/h2-6H,1H3,(H,12,13);1H. The lowest BCUT2D eigenvalue weighted by atomic mass is 10.2. The third kappa shape index (κ3) is 2.74. The van der Waals surface area contributed by atoms with Crippen LogP contribution in [0.4, 0.5) is 4.79 Å². The van der Waals surface area contributed by atoms with Crippen molar-refractivity contribution in [3.8, 4) is 0 Å². The molecule has 1 N–H and O–H groups in total. The Labute approximate surface area is 87.6 Å². The van der Waals surface area contributed by atoms with Crippen LogP contribution in [0.3, 0.4) is 0 Å². The van der Waals surface area contributed by atoms with E-state index in [4.69, 9.17) is 5.11 Å². The third-order valence-electron chi connectivity index (χ3n) is 1.61. The van der Waals surface area contributed by atoms with E-state index in [0.29, 0.717) is 10.5 Å². The second-order valence-electron chi connectivity index (χ2n) is 2.51. The van der Waals surface area contributed by atoms with Gasteiger partial charge in [0.05, 0.1) is 0 Å². The molecule has 0 aliphatic rings. The Bertz CT molecular complexity index is 326. The van der Waals surface area contributed by atoms with Gasteiger partial charge in [0.1, 0.15) is 0 Å². The fraction of sp³-hybridized carbons (Fsp3) is 0.111. The van der Waals surface area contributed by atoms with Crippen LogP contribution in [0.25, 0.3) is 0 Å². The monoisotopic (exact) mass is 215 g/mol. The van der Waals surface area contributed by atoms with Crippen molar-refractivity contribution in [2.75, 3.05) is 7.05 Å². The largest absolute Gasteiger partial charge is 0.465 e. The quantitative estimate of drug-likeness (QED) is 0.778. The first-order chi connectivity index (χ1) is 6.13. The number of carbonyl (C=O) groups is 2. The second-order valence-corrected chi connectivity index (χ2v) is 2.51. The Balaban J connectivity index is 0.00000169. The zero-order valence-electron chi connectivity index (χ0n) is 7.51.